The molecule has 1 aromatic carbocycles. The highest BCUT2D eigenvalue weighted by molar-refractivity contribution is 5.87. The van der Waals surface area contributed by atoms with Crippen LogP contribution in [0.2, 0.25) is 0 Å². The Kier molecular flexibility index (Phi) is 4.41. The normalized spacial score (nSPS) is 10.3. The van der Waals surface area contributed by atoms with E-state index < -0.39 is 0 Å². The van der Waals surface area contributed by atoms with Gasteiger partial charge >= 0.3 is 0 Å². The van der Waals surface area contributed by atoms with Gasteiger partial charge in [-0.2, -0.15) is 0 Å². The molecule has 0 radical (unpaired) electrons. The summed E-state index contributed by atoms with van der Waals surface area (Å²) < 4.78 is 5.03. The molecule has 0 saturated heterocycles. The van der Waals surface area contributed by atoms with Gasteiger partial charge in [-0.15, -0.1) is 0 Å². The average Bonchev–Trinajstić information content (AvgIpc) is 2.27. The fraction of sp³-hybridized carbons (Fsp3) is 0.250. The summed E-state index contributed by atoms with van der Waals surface area (Å²) in [5.74, 6) is 0.742. The molecule has 0 atom stereocenters. The third-order valence-corrected chi connectivity index (χ3v) is 1.94. The van der Waals surface area contributed by atoms with E-state index in [0.717, 1.165) is 11.3 Å². The number of methoxy groups -OCH3 is 1. The minimum Gasteiger partial charge on any atom is -0.497 e. The molecule has 1 aromatic rings. The molecule has 0 aliphatic heterocycles. The van der Waals surface area contributed by atoms with Crippen molar-refractivity contribution in [2.75, 3.05) is 7.11 Å². The average molecular weight is 205 g/mol. The Bertz CT molecular complexity index is 341. The number of nitrogens with one attached hydrogen (secondary N) is 1. The summed E-state index contributed by atoms with van der Waals surface area (Å²) in [6, 6.07) is 7.60. The molecule has 0 bridgehead atoms. The lowest BCUT2D eigenvalue weighted by Gasteiger charge is -2.04. The van der Waals surface area contributed by atoms with Crippen LogP contribution in [0.25, 0.3) is 0 Å². The van der Waals surface area contributed by atoms with E-state index in [-0.39, 0.29) is 5.91 Å². The van der Waals surface area contributed by atoms with E-state index in [4.69, 9.17) is 4.74 Å². The minimum atomic E-state index is -0.0756. The first-order valence-electron chi connectivity index (χ1n) is 4.79. The number of benzene rings is 1. The molecule has 0 spiro atoms. The number of ether oxygens (including phenoxy) is 1. The molecule has 15 heavy (non-hydrogen) atoms. The van der Waals surface area contributed by atoms with Gasteiger partial charge in [0.05, 0.1) is 7.11 Å². The van der Waals surface area contributed by atoms with Crippen molar-refractivity contribution in [3.8, 4) is 5.75 Å². The molecule has 1 rings (SSSR count). The highest BCUT2D eigenvalue weighted by Crippen LogP contribution is 2.10. The van der Waals surface area contributed by atoms with Crippen molar-refractivity contribution in [1.29, 1.82) is 0 Å². The third kappa shape index (κ3) is 3.85. The predicted octanol–water partition coefficient (Wildman–Crippen LogP) is 1.89. The van der Waals surface area contributed by atoms with Gasteiger partial charge in [-0.25, -0.2) is 0 Å². The van der Waals surface area contributed by atoms with Crippen molar-refractivity contribution in [2.24, 2.45) is 0 Å². The molecule has 80 valence electrons. The maximum atomic E-state index is 11.1. The van der Waals surface area contributed by atoms with E-state index >= 15 is 0 Å². The molecule has 0 aliphatic rings. The lowest BCUT2D eigenvalue weighted by Crippen LogP contribution is -2.20. The van der Waals surface area contributed by atoms with E-state index in [2.05, 4.69) is 5.32 Å². The molecule has 1 amide bonds. The number of carbonyl (C=O) groups is 1. The molecule has 0 aliphatic carbocycles. The van der Waals surface area contributed by atoms with Crippen LogP contribution in [0, 0.1) is 0 Å². The van der Waals surface area contributed by atoms with E-state index in [1.165, 1.54) is 6.08 Å². The Labute approximate surface area is 89.8 Å². The van der Waals surface area contributed by atoms with Crippen LogP contribution in [0.3, 0.4) is 0 Å². The third-order valence-electron chi connectivity index (χ3n) is 1.94. The van der Waals surface area contributed by atoms with Crippen LogP contribution in [-0.2, 0) is 11.3 Å². The Morgan fingerprint density at radius 1 is 1.40 bits per heavy atom. The molecule has 1 N–H and O–H groups in total. The Hall–Kier alpha value is -1.77. The van der Waals surface area contributed by atoms with Gasteiger partial charge in [-0.1, -0.05) is 18.2 Å². The van der Waals surface area contributed by atoms with Crippen molar-refractivity contribution >= 4 is 5.91 Å². The first-order chi connectivity index (χ1) is 7.26. The van der Waals surface area contributed by atoms with Crippen LogP contribution in [0.5, 0.6) is 5.75 Å². The van der Waals surface area contributed by atoms with Gasteiger partial charge in [-0.05, 0) is 30.7 Å². The van der Waals surface area contributed by atoms with E-state index in [9.17, 15) is 4.79 Å². The molecular weight excluding hydrogens is 190 g/mol. The monoisotopic (exact) mass is 205 g/mol. The van der Waals surface area contributed by atoms with Gasteiger partial charge in [0.1, 0.15) is 5.75 Å². The SMILES string of the molecule is CC=CC(=O)NCc1ccc(OC)cc1. The molecule has 0 heterocycles. The number of rotatable bonds is 4. The zero-order valence-corrected chi connectivity index (χ0v) is 8.99. The predicted molar refractivity (Wildman–Crippen MR) is 59.7 cm³/mol. The zero-order chi connectivity index (χ0) is 11.1. The van der Waals surface area contributed by atoms with Crippen molar-refractivity contribution in [2.45, 2.75) is 13.5 Å². The first-order valence-corrected chi connectivity index (χ1v) is 4.79. The summed E-state index contributed by atoms with van der Waals surface area (Å²) in [7, 11) is 1.63. The smallest absolute Gasteiger partial charge is 0.243 e. The number of carbonyl (C=O) groups excluding carboxylic acids is 1. The van der Waals surface area contributed by atoms with Crippen molar-refractivity contribution in [3.05, 3.63) is 42.0 Å². The maximum Gasteiger partial charge on any atom is 0.243 e. The highest BCUT2D eigenvalue weighted by atomic mass is 16.5. The van der Waals surface area contributed by atoms with Crippen LogP contribution in [0.15, 0.2) is 36.4 Å². The second-order valence-corrected chi connectivity index (χ2v) is 3.07. The summed E-state index contributed by atoms with van der Waals surface area (Å²) in [6.45, 7) is 2.35. The molecule has 0 saturated carbocycles. The first kappa shape index (κ1) is 11.3. The van der Waals surface area contributed by atoms with Crippen LogP contribution >= 0.6 is 0 Å². The summed E-state index contributed by atoms with van der Waals surface area (Å²) in [4.78, 5) is 11.1. The van der Waals surface area contributed by atoms with Crippen LogP contribution in [-0.4, -0.2) is 13.0 Å². The highest BCUT2D eigenvalue weighted by Gasteiger charge is 1.96. The van der Waals surface area contributed by atoms with E-state index in [0.29, 0.717) is 6.54 Å². The largest absolute Gasteiger partial charge is 0.497 e. The van der Waals surface area contributed by atoms with E-state index in [1.807, 2.05) is 31.2 Å². The summed E-state index contributed by atoms with van der Waals surface area (Å²) in [6.07, 6.45) is 3.22. The quantitative estimate of drug-likeness (QED) is 0.762. The summed E-state index contributed by atoms with van der Waals surface area (Å²) in [5, 5.41) is 2.77. The fourth-order valence-electron chi connectivity index (χ4n) is 1.14. The van der Waals surface area contributed by atoms with Crippen molar-refractivity contribution in [1.82, 2.24) is 5.32 Å². The Balaban J connectivity index is 2.47. The second kappa shape index (κ2) is 5.86. The lowest BCUT2D eigenvalue weighted by atomic mass is 10.2. The van der Waals surface area contributed by atoms with Crippen LogP contribution in [0.1, 0.15) is 12.5 Å². The summed E-state index contributed by atoms with van der Waals surface area (Å²) >= 11 is 0. The Morgan fingerprint density at radius 2 is 2.07 bits per heavy atom. The van der Waals surface area contributed by atoms with Gasteiger partial charge in [0.15, 0.2) is 0 Å². The van der Waals surface area contributed by atoms with Gasteiger partial charge in [0.25, 0.3) is 0 Å². The Morgan fingerprint density at radius 3 is 2.60 bits per heavy atom. The minimum absolute atomic E-state index is 0.0756. The van der Waals surface area contributed by atoms with Gasteiger partial charge < -0.3 is 10.1 Å². The van der Waals surface area contributed by atoms with Gasteiger partial charge in [-0.3, -0.25) is 4.79 Å². The zero-order valence-electron chi connectivity index (χ0n) is 8.99. The number of hydrogen-bond donors (Lipinski definition) is 1. The van der Waals surface area contributed by atoms with E-state index in [1.54, 1.807) is 13.2 Å². The lowest BCUT2D eigenvalue weighted by molar-refractivity contribution is -0.116. The van der Waals surface area contributed by atoms with Gasteiger partial charge in [0.2, 0.25) is 5.91 Å². The van der Waals surface area contributed by atoms with Crippen molar-refractivity contribution < 1.29 is 9.53 Å². The molecule has 0 fully saturated rings. The summed E-state index contributed by atoms with van der Waals surface area (Å²) in [5.41, 5.74) is 1.05. The van der Waals surface area contributed by atoms with Crippen molar-refractivity contribution in [3.63, 3.8) is 0 Å². The number of allylic oxidation sites excluding steroid dienone is 1. The molecule has 3 nitrogen and oxygen atoms in total. The van der Waals surface area contributed by atoms with Crippen LogP contribution in [0.4, 0.5) is 0 Å². The van der Waals surface area contributed by atoms with Gasteiger partial charge in [0, 0.05) is 6.54 Å². The number of amides is 1. The molecule has 0 aromatic heterocycles. The van der Waals surface area contributed by atoms with Crippen LogP contribution < -0.4 is 10.1 Å². The molecule has 3 heteroatoms. The number of hydrogen-bond acceptors (Lipinski definition) is 2. The second-order valence-electron chi connectivity index (χ2n) is 3.07. The topological polar surface area (TPSA) is 38.3 Å². The molecule has 0 unspecified atom stereocenters. The standard InChI is InChI=1S/C12H15NO2/c1-3-4-12(14)13-9-10-5-7-11(15-2)8-6-10/h3-8H,9H2,1-2H3,(H,13,14). The maximum absolute atomic E-state index is 11.1. The molecular formula is C12H15NO2. The fourth-order valence-corrected chi connectivity index (χ4v) is 1.14.